The van der Waals surface area contributed by atoms with Gasteiger partial charge >= 0.3 is 0 Å². The van der Waals surface area contributed by atoms with Gasteiger partial charge in [0.2, 0.25) is 5.91 Å². The maximum absolute atomic E-state index is 12.0. The summed E-state index contributed by atoms with van der Waals surface area (Å²) in [6, 6.07) is 8.30. The number of amides is 1. The third-order valence-corrected chi connectivity index (χ3v) is 4.17. The Hall–Kier alpha value is -1.39. The molecule has 0 aromatic heterocycles. The third kappa shape index (κ3) is 6.16. The summed E-state index contributed by atoms with van der Waals surface area (Å²) in [6.45, 7) is 8.07. The van der Waals surface area contributed by atoms with Gasteiger partial charge in [0.1, 0.15) is 0 Å². The Bertz CT molecular complexity index is 438. The number of carbonyl (C=O) groups is 1. The summed E-state index contributed by atoms with van der Waals surface area (Å²) < 4.78 is 0. The van der Waals surface area contributed by atoms with Crippen molar-refractivity contribution in [2.45, 2.75) is 39.2 Å². The highest BCUT2D eigenvalue weighted by molar-refractivity contribution is 5.78. The maximum Gasteiger partial charge on any atom is 0.224 e. The van der Waals surface area contributed by atoms with Crippen molar-refractivity contribution in [1.82, 2.24) is 15.5 Å². The van der Waals surface area contributed by atoms with Crippen molar-refractivity contribution in [3.05, 3.63) is 35.4 Å². The zero-order chi connectivity index (χ0) is 15.6. The van der Waals surface area contributed by atoms with Crippen LogP contribution < -0.4 is 10.6 Å². The lowest BCUT2D eigenvalue weighted by molar-refractivity contribution is -0.120. The lowest BCUT2D eigenvalue weighted by Gasteiger charge is -2.26. The summed E-state index contributed by atoms with van der Waals surface area (Å²) in [5, 5.41) is 6.33. The first kappa shape index (κ1) is 17.0. The molecule has 0 bridgehead atoms. The number of rotatable bonds is 8. The van der Waals surface area contributed by atoms with E-state index in [0.29, 0.717) is 6.42 Å². The fourth-order valence-corrected chi connectivity index (χ4v) is 2.83. The molecule has 0 atom stereocenters. The van der Waals surface area contributed by atoms with Crippen molar-refractivity contribution < 1.29 is 4.79 Å². The Balaban J connectivity index is 1.65. The molecule has 1 aliphatic rings. The third-order valence-electron chi connectivity index (χ3n) is 4.17. The molecule has 1 aromatic rings. The second kappa shape index (κ2) is 9.59. The summed E-state index contributed by atoms with van der Waals surface area (Å²) in [7, 11) is 0. The van der Waals surface area contributed by atoms with Crippen LogP contribution in [-0.2, 0) is 17.8 Å². The van der Waals surface area contributed by atoms with E-state index in [-0.39, 0.29) is 5.91 Å². The van der Waals surface area contributed by atoms with Crippen LogP contribution >= 0.6 is 0 Å². The van der Waals surface area contributed by atoms with E-state index < -0.39 is 0 Å². The molecule has 22 heavy (non-hydrogen) atoms. The fraction of sp³-hybridized carbons (Fsp3) is 0.611. The van der Waals surface area contributed by atoms with Crippen LogP contribution in [0.3, 0.4) is 0 Å². The van der Waals surface area contributed by atoms with E-state index in [1.54, 1.807) is 0 Å². The van der Waals surface area contributed by atoms with Gasteiger partial charge in [0.15, 0.2) is 0 Å². The number of likely N-dealkylation sites (tertiary alicyclic amines) is 1. The average Bonchev–Trinajstić information content (AvgIpc) is 2.55. The van der Waals surface area contributed by atoms with Crippen LogP contribution in [0.1, 0.15) is 37.3 Å². The Labute approximate surface area is 134 Å². The molecule has 0 radical (unpaired) electrons. The number of piperidine rings is 1. The lowest BCUT2D eigenvalue weighted by Crippen LogP contribution is -2.38. The van der Waals surface area contributed by atoms with Crippen LogP contribution in [-0.4, -0.2) is 43.5 Å². The van der Waals surface area contributed by atoms with Gasteiger partial charge in [-0.05, 0) is 43.6 Å². The van der Waals surface area contributed by atoms with E-state index in [1.165, 1.54) is 37.9 Å². The number of nitrogens with one attached hydrogen (secondary N) is 2. The molecule has 4 nitrogen and oxygen atoms in total. The number of hydrogen-bond acceptors (Lipinski definition) is 3. The van der Waals surface area contributed by atoms with E-state index in [0.717, 1.165) is 31.7 Å². The van der Waals surface area contributed by atoms with Crippen molar-refractivity contribution in [1.29, 1.82) is 0 Å². The molecule has 1 amide bonds. The quantitative estimate of drug-likeness (QED) is 0.771. The van der Waals surface area contributed by atoms with Gasteiger partial charge in [0, 0.05) is 19.6 Å². The summed E-state index contributed by atoms with van der Waals surface area (Å²) in [5.74, 6) is 0.122. The van der Waals surface area contributed by atoms with Gasteiger partial charge in [-0.2, -0.15) is 0 Å². The molecule has 1 aliphatic heterocycles. The van der Waals surface area contributed by atoms with Gasteiger partial charge in [0.25, 0.3) is 0 Å². The zero-order valence-electron chi connectivity index (χ0n) is 13.7. The molecule has 2 rings (SSSR count). The highest BCUT2D eigenvalue weighted by atomic mass is 16.1. The second-order valence-corrected chi connectivity index (χ2v) is 6.03. The van der Waals surface area contributed by atoms with Crippen LogP contribution in [0.4, 0.5) is 0 Å². The highest BCUT2D eigenvalue weighted by Crippen LogP contribution is 2.07. The lowest BCUT2D eigenvalue weighted by atomic mass is 10.1. The number of benzene rings is 1. The van der Waals surface area contributed by atoms with Gasteiger partial charge in [0.05, 0.1) is 6.42 Å². The predicted octanol–water partition coefficient (Wildman–Crippen LogP) is 1.94. The number of hydrogen-bond donors (Lipinski definition) is 2. The molecule has 1 saturated heterocycles. The Morgan fingerprint density at radius 3 is 2.45 bits per heavy atom. The summed E-state index contributed by atoms with van der Waals surface area (Å²) in [4.78, 5) is 14.4. The van der Waals surface area contributed by atoms with E-state index in [1.807, 2.05) is 0 Å². The van der Waals surface area contributed by atoms with Gasteiger partial charge in [-0.3, -0.25) is 4.79 Å². The van der Waals surface area contributed by atoms with E-state index in [4.69, 9.17) is 0 Å². The van der Waals surface area contributed by atoms with Crippen LogP contribution in [0.2, 0.25) is 0 Å². The molecular formula is C18H29N3O. The standard InChI is InChI=1S/C18H29N3O/c1-2-19-15-17-8-6-16(7-9-17)14-18(22)20-10-13-21-11-4-3-5-12-21/h6-9,19H,2-5,10-15H2,1H3,(H,20,22). The normalized spacial score (nSPS) is 15.7. The van der Waals surface area contributed by atoms with Crippen molar-refractivity contribution in [3.63, 3.8) is 0 Å². The van der Waals surface area contributed by atoms with Gasteiger partial charge in [-0.1, -0.05) is 37.6 Å². The first-order valence-electron chi connectivity index (χ1n) is 8.55. The maximum atomic E-state index is 12.0. The smallest absolute Gasteiger partial charge is 0.224 e. The topological polar surface area (TPSA) is 44.4 Å². The van der Waals surface area contributed by atoms with E-state index >= 15 is 0 Å². The van der Waals surface area contributed by atoms with E-state index in [2.05, 4.69) is 46.7 Å². The van der Waals surface area contributed by atoms with Gasteiger partial charge in [-0.25, -0.2) is 0 Å². The molecule has 4 heteroatoms. The van der Waals surface area contributed by atoms with Crippen molar-refractivity contribution >= 4 is 5.91 Å². The van der Waals surface area contributed by atoms with Crippen molar-refractivity contribution in [3.8, 4) is 0 Å². The molecule has 0 saturated carbocycles. The Kier molecular flexibility index (Phi) is 7.40. The zero-order valence-corrected chi connectivity index (χ0v) is 13.7. The largest absolute Gasteiger partial charge is 0.355 e. The average molecular weight is 303 g/mol. The molecule has 1 heterocycles. The molecule has 2 N–H and O–H groups in total. The molecular weight excluding hydrogens is 274 g/mol. The Morgan fingerprint density at radius 1 is 1.09 bits per heavy atom. The van der Waals surface area contributed by atoms with Crippen LogP contribution in [0, 0.1) is 0 Å². The molecule has 0 unspecified atom stereocenters. The number of carbonyl (C=O) groups excluding carboxylic acids is 1. The Morgan fingerprint density at radius 2 is 1.77 bits per heavy atom. The van der Waals surface area contributed by atoms with E-state index in [9.17, 15) is 4.79 Å². The minimum atomic E-state index is 0.122. The monoisotopic (exact) mass is 303 g/mol. The summed E-state index contributed by atoms with van der Waals surface area (Å²) >= 11 is 0. The molecule has 0 aliphatic carbocycles. The number of nitrogens with zero attached hydrogens (tertiary/aromatic N) is 1. The highest BCUT2D eigenvalue weighted by Gasteiger charge is 2.10. The molecule has 122 valence electrons. The summed E-state index contributed by atoms with van der Waals surface area (Å²) in [6.07, 6.45) is 4.43. The minimum absolute atomic E-state index is 0.122. The molecule has 1 aromatic carbocycles. The van der Waals surface area contributed by atoms with Gasteiger partial charge in [-0.15, -0.1) is 0 Å². The van der Waals surface area contributed by atoms with Crippen LogP contribution in [0.5, 0.6) is 0 Å². The van der Waals surface area contributed by atoms with Gasteiger partial charge < -0.3 is 15.5 Å². The molecule has 0 spiro atoms. The summed E-state index contributed by atoms with van der Waals surface area (Å²) in [5.41, 5.74) is 2.34. The fourth-order valence-electron chi connectivity index (χ4n) is 2.83. The minimum Gasteiger partial charge on any atom is -0.355 e. The first-order valence-corrected chi connectivity index (χ1v) is 8.55. The van der Waals surface area contributed by atoms with Crippen LogP contribution in [0.25, 0.3) is 0 Å². The second-order valence-electron chi connectivity index (χ2n) is 6.03. The van der Waals surface area contributed by atoms with Crippen molar-refractivity contribution in [2.75, 3.05) is 32.7 Å². The van der Waals surface area contributed by atoms with Crippen LogP contribution in [0.15, 0.2) is 24.3 Å². The first-order chi connectivity index (χ1) is 10.8. The predicted molar refractivity (Wildman–Crippen MR) is 90.8 cm³/mol. The molecule has 1 fully saturated rings. The SMILES string of the molecule is CCNCc1ccc(CC(=O)NCCN2CCCCC2)cc1. The van der Waals surface area contributed by atoms with Crippen molar-refractivity contribution in [2.24, 2.45) is 0 Å².